The van der Waals surface area contributed by atoms with Crippen molar-refractivity contribution < 1.29 is 17.9 Å². The van der Waals surface area contributed by atoms with Crippen LogP contribution in [0, 0.1) is 16.7 Å². The highest BCUT2D eigenvalue weighted by molar-refractivity contribution is 9.13. The molecular formula is C10H9Br2NO4S. The summed E-state index contributed by atoms with van der Waals surface area (Å²) in [6.45, 7) is 0. The van der Waals surface area contributed by atoms with Gasteiger partial charge in [0.1, 0.15) is 17.3 Å². The van der Waals surface area contributed by atoms with Crippen LogP contribution in [0.3, 0.4) is 0 Å². The van der Waals surface area contributed by atoms with E-state index in [4.69, 9.17) is 4.42 Å². The standard InChI is InChI=1S/C10H9Br2NO4S/c11-6-3-7(17-9(6)12)8(14)10(4-13)1-2-18(15,16)5-10/h3,8,14H,1-2,5H2. The first-order valence-electron chi connectivity index (χ1n) is 5.04. The first-order valence-corrected chi connectivity index (χ1v) is 8.45. The van der Waals surface area contributed by atoms with E-state index in [0.717, 1.165) is 0 Å². The molecule has 1 aliphatic heterocycles. The number of hydrogen-bond acceptors (Lipinski definition) is 5. The lowest BCUT2D eigenvalue weighted by Crippen LogP contribution is -2.28. The van der Waals surface area contributed by atoms with E-state index < -0.39 is 21.4 Å². The zero-order valence-electron chi connectivity index (χ0n) is 9.06. The van der Waals surface area contributed by atoms with E-state index in [1.165, 1.54) is 6.07 Å². The van der Waals surface area contributed by atoms with Crippen molar-refractivity contribution >= 4 is 41.7 Å². The lowest BCUT2D eigenvalue weighted by molar-refractivity contribution is 0.0581. The second-order valence-electron chi connectivity index (χ2n) is 4.28. The van der Waals surface area contributed by atoms with Crippen molar-refractivity contribution in [3.63, 3.8) is 0 Å². The number of sulfone groups is 1. The van der Waals surface area contributed by atoms with Crippen LogP contribution in [0.1, 0.15) is 18.3 Å². The van der Waals surface area contributed by atoms with Gasteiger partial charge >= 0.3 is 0 Å². The van der Waals surface area contributed by atoms with Crippen molar-refractivity contribution in [3.05, 3.63) is 21.0 Å². The van der Waals surface area contributed by atoms with E-state index in [1.54, 1.807) is 0 Å². The molecule has 1 saturated heterocycles. The Morgan fingerprint density at radius 2 is 2.22 bits per heavy atom. The second-order valence-corrected chi connectivity index (χ2v) is 8.04. The first-order chi connectivity index (χ1) is 8.30. The topological polar surface area (TPSA) is 91.3 Å². The van der Waals surface area contributed by atoms with E-state index in [9.17, 15) is 18.8 Å². The number of nitrogens with zero attached hydrogens (tertiary/aromatic N) is 1. The predicted octanol–water partition coefficient (Wildman–Crippen LogP) is 2.17. The number of nitriles is 1. The Balaban J connectivity index is 2.38. The van der Waals surface area contributed by atoms with Gasteiger partial charge in [0.2, 0.25) is 0 Å². The van der Waals surface area contributed by atoms with Crippen LogP contribution in [-0.2, 0) is 9.84 Å². The van der Waals surface area contributed by atoms with Crippen molar-refractivity contribution in [2.75, 3.05) is 11.5 Å². The molecule has 0 bridgehead atoms. The van der Waals surface area contributed by atoms with Crippen LogP contribution in [0.4, 0.5) is 0 Å². The van der Waals surface area contributed by atoms with Crippen LogP contribution in [-0.4, -0.2) is 25.0 Å². The molecule has 5 nitrogen and oxygen atoms in total. The molecule has 0 aromatic carbocycles. The molecule has 1 N–H and O–H groups in total. The van der Waals surface area contributed by atoms with Crippen molar-refractivity contribution in [2.24, 2.45) is 5.41 Å². The fourth-order valence-electron chi connectivity index (χ4n) is 2.01. The third kappa shape index (κ3) is 2.37. The number of furan rings is 1. The number of hydrogen-bond donors (Lipinski definition) is 1. The minimum atomic E-state index is -3.27. The molecule has 0 radical (unpaired) electrons. The maximum atomic E-state index is 11.5. The molecule has 0 amide bonds. The van der Waals surface area contributed by atoms with Crippen molar-refractivity contribution in [2.45, 2.75) is 12.5 Å². The predicted molar refractivity (Wildman–Crippen MR) is 70.4 cm³/mol. The molecule has 2 atom stereocenters. The van der Waals surface area contributed by atoms with Gasteiger partial charge in [-0.25, -0.2) is 8.42 Å². The maximum Gasteiger partial charge on any atom is 0.183 e. The number of aliphatic hydroxyl groups is 1. The fraction of sp³-hybridized carbons (Fsp3) is 0.500. The third-order valence-electron chi connectivity index (χ3n) is 3.02. The van der Waals surface area contributed by atoms with E-state index in [-0.39, 0.29) is 23.7 Å². The molecule has 98 valence electrons. The zero-order chi connectivity index (χ0) is 13.6. The summed E-state index contributed by atoms with van der Waals surface area (Å²) >= 11 is 6.33. The highest BCUT2D eigenvalue weighted by Gasteiger charge is 2.49. The Labute approximate surface area is 121 Å². The summed E-state index contributed by atoms with van der Waals surface area (Å²) in [5, 5.41) is 19.4. The summed E-state index contributed by atoms with van der Waals surface area (Å²) in [6, 6.07) is 3.47. The van der Waals surface area contributed by atoms with Crippen LogP contribution < -0.4 is 0 Å². The van der Waals surface area contributed by atoms with E-state index in [0.29, 0.717) is 9.14 Å². The summed E-state index contributed by atoms with van der Waals surface area (Å²) in [5.74, 6) is -0.249. The second kappa shape index (κ2) is 4.63. The third-order valence-corrected chi connectivity index (χ3v) is 6.51. The summed E-state index contributed by atoms with van der Waals surface area (Å²) in [7, 11) is -3.27. The van der Waals surface area contributed by atoms with E-state index in [1.807, 2.05) is 6.07 Å². The van der Waals surface area contributed by atoms with Crippen LogP contribution in [0.5, 0.6) is 0 Å². The molecule has 1 fully saturated rings. The molecule has 0 spiro atoms. The molecule has 1 aliphatic rings. The summed E-state index contributed by atoms with van der Waals surface area (Å²) in [6.07, 6.45) is -1.15. The van der Waals surface area contributed by atoms with Gasteiger partial charge in [0.15, 0.2) is 14.5 Å². The van der Waals surface area contributed by atoms with Crippen LogP contribution in [0.25, 0.3) is 0 Å². The van der Waals surface area contributed by atoms with Crippen molar-refractivity contribution in [1.29, 1.82) is 5.26 Å². The molecule has 18 heavy (non-hydrogen) atoms. The van der Waals surface area contributed by atoms with Gasteiger partial charge in [-0.2, -0.15) is 5.26 Å². The number of halogens is 2. The van der Waals surface area contributed by atoms with Gasteiger partial charge in [-0.1, -0.05) is 0 Å². The van der Waals surface area contributed by atoms with Crippen LogP contribution in [0.15, 0.2) is 19.6 Å². The average molecular weight is 399 g/mol. The molecule has 0 saturated carbocycles. The highest BCUT2D eigenvalue weighted by atomic mass is 79.9. The minimum Gasteiger partial charge on any atom is -0.450 e. The van der Waals surface area contributed by atoms with Gasteiger partial charge in [0, 0.05) is 0 Å². The first kappa shape index (κ1) is 14.1. The Hall–Kier alpha value is -0.360. The molecular weight excluding hydrogens is 390 g/mol. The Kier molecular flexibility index (Phi) is 3.62. The minimum absolute atomic E-state index is 0.0827. The molecule has 1 aromatic rings. The van der Waals surface area contributed by atoms with Gasteiger partial charge in [-0.05, 0) is 44.3 Å². The van der Waals surface area contributed by atoms with E-state index in [2.05, 4.69) is 31.9 Å². The molecule has 1 aromatic heterocycles. The Bertz CT molecular complexity index is 599. The summed E-state index contributed by atoms with van der Waals surface area (Å²) < 4.78 is 29.3. The lowest BCUT2D eigenvalue weighted by Gasteiger charge is -2.23. The Morgan fingerprint density at radius 3 is 2.61 bits per heavy atom. The summed E-state index contributed by atoms with van der Waals surface area (Å²) in [4.78, 5) is 0. The van der Waals surface area contributed by atoms with Crippen molar-refractivity contribution in [3.8, 4) is 6.07 Å². The largest absolute Gasteiger partial charge is 0.450 e. The van der Waals surface area contributed by atoms with Gasteiger partial charge in [-0.3, -0.25) is 0 Å². The average Bonchev–Trinajstić information content (AvgIpc) is 2.80. The fourth-order valence-corrected chi connectivity index (χ4v) is 4.59. The van der Waals surface area contributed by atoms with E-state index >= 15 is 0 Å². The summed E-state index contributed by atoms with van der Waals surface area (Å²) in [5.41, 5.74) is -1.32. The normalized spacial score (nSPS) is 27.9. The molecule has 2 heterocycles. The molecule has 2 rings (SSSR count). The monoisotopic (exact) mass is 397 g/mol. The zero-order valence-corrected chi connectivity index (χ0v) is 13.0. The van der Waals surface area contributed by atoms with Crippen molar-refractivity contribution in [1.82, 2.24) is 0 Å². The number of rotatable bonds is 2. The highest BCUT2D eigenvalue weighted by Crippen LogP contribution is 2.44. The number of aliphatic hydroxyl groups excluding tert-OH is 1. The van der Waals surface area contributed by atoms with Crippen LogP contribution >= 0.6 is 31.9 Å². The molecule has 8 heteroatoms. The lowest BCUT2D eigenvalue weighted by atomic mass is 9.82. The smallest absolute Gasteiger partial charge is 0.183 e. The van der Waals surface area contributed by atoms with Gasteiger partial charge in [0.25, 0.3) is 0 Å². The maximum absolute atomic E-state index is 11.5. The SMILES string of the molecule is N#CC1(C(O)c2cc(Br)c(Br)o2)CCS(=O)(=O)C1. The Morgan fingerprint density at radius 1 is 1.56 bits per heavy atom. The van der Waals surface area contributed by atoms with Gasteiger partial charge in [-0.15, -0.1) is 0 Å². The van der Waals surface area contributed by atoms with Crippen LogP contribution in [0.2, 0.25) is 0 Å². The molecule has 0 aliphatic carbocycles. The quantitative estimate of drug-likeness (QED) is 0.824. The molecule has 2 unspecified atom stereocenters. The van der Waals surface area contributed by atoms with Gasteiger partial charge in [0.05, 0.1) is 22.0 Å². The van der Waals surface area contributed by atoms with Gasteiger partial charge < -0.3 is 9.52 Å².